The van der Waals surface area contributed by atoms with E-state index >= 15 is 0 Å². The Labute approximate surface area is 147 Å². The second-order valence-electron chi connectivity index (χ2n) is 6.66. The van der Waals surface area contributed by atoms with Crippen LogP contribution in [0.25, 0.3) is 0 Å². The molecule has 0 N–H and O–H groups in total. The molecule has 4 nitrogen and oxygen atoms in total. The first-order chi connectivity index (χ1) is 11.5. The summed E-state index contributed by atoms with van der Waals surface area (Å²) in [5, 5.41) is 0. The maximum atomic E-state index is 12.8. The molecule has 0 atom stereocenters. The van der Waals surface area contributed by atoms with Gasteiger partial charge in [-0.25, -0.2) is 8.42 Å². The van der Waals surface area contributed by atoms with E-state index in [2.05, 4.69) is 6.07 Å². The molecule has 6 heteroatoms. The average molecular weight is 364 g/mol. The summed E-state index contributed by atoms with van der Waals surface area (Å²) in [5.41, 5.74) is 1.05. The molecule has 0 aliphatic carbocycles. The molecule has 2 aromatic rings. The fourth-order valence-corrected chi connectivity index (χ4v) is 6.50. The molecule has 4 rings (SSSR count). The molecule has 2 aliphatic heterocycles. The van der Waals surface area contributed by atoms with E-state index < -0.39 is 10.0 Å². The number of hydrogen-bond donors (Lipinski definition) is 0. The lowest BCUT2D eigenvalue weighted by Gasteiger charge is -2.44. The Kier molecular flexibility index (Phi) is 3.94. The quantitative estimate of drug-likeness (QED) is 0.819. The molecule has 0 saturated carbocycles. The molecule has 0 bridgehead atoms. The Morgan fingerprint density at radius 1 is 1.08 bits per heavy atom. The molecule has 128 valence electrons. The van der Waals surface area contributed by atoms with Crippen LogP contribution >= 0.6 is 11.3 Å². The number of nitrogens with zero attached hydrogens (tertiary/aromatic N) is 1. The molecule has 1 aromatic carbocycles. The van der Waals surface area contributed by atoms with Crippen molar-refractivity contribution < 1.29 is 13.2 Å². The van der Waals surface area contributed by atoms with E-state index in [4.69, 9.17) is 4.74 Å². The summed E-state index contributed by atoms with van der Waals surface area (Å²) in [6.45, 7) is 2.99. The Bertz CT molecular complexity index is 849. The monoisotopic (exact) mass is 363 g/mol. The third kappa shape index (κ3) is 2.76. The number of benzene rings is 1. The molecule has 0 radical (unpaired) electrons. The maximum Gasteiger partial charge on any atom is 0.252 e. The van der Waals surface area contributed by atoms with Gasteiger partial charge in [-0.1, -0.05) is 18.2 Å². The van der Waals surface area contributed by atoms with Crippen molar-refractivity contribution in [2.75, 3.05) is 13.1 Å². The van der Waals surface area contributed by atoms with Crippen LogP contribution in [-0.2, 0) is 16.4 Å². The summed E-state index contributed by atoms with van der Waals surface area (Å²) in [7, 11) is -3.36. The summed E-state index contributed by atoms with van der Waals surface area (Å²) < 4.78 is 33.9. The van der Waals surface area contributed by atoms with E-state index in [0.29, 0.717) is 17.3 Å². The van der Waals surface area contributed by atoms with Crippen molar-refractivity contribution in [2.24, 2.45) is 0 Å². The summed E-state index contributed by atoms with van der Waals surface area (Å²) >= 11 is 1.35. The second kappa shape index (κ2) is 5.86. The molecule has 1 spiro atoms. The van der Waals surface area contributed by atoms with Crippen LogP contribution in [0.5, 0.6) is 5.75 Å². The van der Waals surface area contributed by atoms with Crippen LogP contribution in [-0.4, -0.2) is 31.4 Å². The van der Waals surface area contributed by atoms with Crippen molar-refractivity contribution in [3.05, 3.63) is 46.8 Å². The van der Waals surface area contributed by atoms with Gasteiger partial charge in [-0.15, -0.1) is 11.3 Å². The zero-order valence-electron chi connectivity index (χ0n) is 13.7. The van der Waals surface area contributed by atoms with Crippen molar-refractivity contribution in [2.45, 2.75) is 42.4 Å². The summed E-state index contributed by atoms with van der Waals surface area (Å²) in [6, 6.07) is 11.8. The van der Waals surface area contributed by atoms with Crippen molar-refractivity contribution in [3.63, 3.8) is 0 Å². The van der Waals surface area contributed by atoms with E-state index in [0.717, 1.165) is 36.3 Å². The summed E-state index contributed by atoms with van der Waals surface area (Å²) in [5.74, 6) is 0.967. The highest BCUT2D eigenvalue weighted by Crippen LogP contribution is 2.40. The van der Waals surface area contributed by atoms with Crippen LogP contribution in [0.15, 0.2) is 40.6 Å². The maximum absolute atomic E-state index is 12.8. The second-order valence-corrected chi connectivity index (χ2v) is 10.1. The molecular weight excluding hydrogens is 342 g/mol. The SMILES string of the molecule is Cc1ccc(S(=O)(=O)N2CCC3(CCc4ccccc4O3)CC2)s1. The number of sulfonamides is 1. The largest absolute Gasteiger partial charge is 0.487 e. The van der Waals surface area contributed by atoms with Crippen molar-refractivity contribution in [1.82, 2.24) is 4.31 Å². The zero-order chi connectivity index (χ0) is 16.8. The third-order valence-electron chi connectivity index (χ3n) is 5.09. The lowest BCUT2D eigenvalue weighted by molar-refractivity contribution is 0.00184. The van der Waals surface area contributed by atoms with Crippen molar-refractivity contribution in [1.29, 1.82) is 0 Å². The van der Waals surface area contributed by atoms with Gasteiger partial charge >= 0.3 is 0 Å². The Morgan fingerprint density at radius 3 is 2.54 bits per heavy atom. The molecule has 2 aliphatic rings. The van der Waals surface area contributed by atoms with Gasteiger partial charge in [-0.3, -0.25) is 0 Å². The van der Waals surface area contributed by atoms with E-state index in [-0.39, 0.29) is 5.60 Å². The summed E-state index contributed by atoms with van der Waals surface area (Å²) in [6.07, 6.45) is 3.49. The van der Waals surface area contributed by atoms with Crippen molar-refractivity contribution in [3.8, 4) is 5.75 Å². The summed E-state index contributed by atoms with van der Waals surface area (Å²) in [4.78, 5) is 1.02. The number of para-hydroxylation sites is 1. The molecule has 1 aromatic heterocycles. The number of hydrogen-bond acceptors (Lipinski definition) is 4. The predicted octanol–water partition coefficient (Wildman–Crippen LogP) is 3.61. The van der Waals surface area contributed by atoms with Gasteiger partial charge < -0.3 is 4.74 Å². The van der Waals surface area contributed by atoms with E-state index in [9.17, 15) is 8.42 Å². The van der Waals surface area contributed by atoms with Gasteiger partial charge in [0.05, 0.1) is 0 Å². The molecule has 0 unspecified atom stereocenters. The standard InChI is InChI=1S/C18H21NO3S2/c1-14-6-7-17(23-14)24(20,21)19-12-10-18(11-13-19)9-8-15-4-2-3-5-16(15)22-18/h2-7H,8-13H2,1H3. The number of ether oxygens (including phenoxy) is 1. The minimum atomic E-state index is -3.36. The first-order valence-corrected chi connectivity index (χ1v) is 10.6. The van der Waals surface area contributed by atoms with Crippen LogP contribution in [0.3, 0.4) is 0 Å². The number of aryl methyl sites for hydroxylation is 2. The number of thiophene rings is 1. The van der Waals surface area contributed by atoms with E-state index in [1.54, 1.807) is 10.4 Å². The Morgan fingerprint density at radius 2 is 1.83 bits per heavy atom. The van der Waals surface area contributed by atoms with Crippen LogP contribution in [0.1, 0.15) is 29.7 Å². The highest BCUT2D eigenvalue weighted by Gasteiger charge is 2.42. The lowest BCUT2D eigenvalue weighted by atomic mass is 9.84. The van der Waals surface area contributed by atoms with Crippen molar-refractivity contribution >= 4 is 21.4 Å². The molecule has 24 heavy (non-hydrogen) atoms. The van der Waals surface area contributed by atoms with Gasteiger partial charge in [-0.05, 0) is 43.5 Å². The molecule has 3 heterocycles. The van der Waals surface area contributed by atoms with Gasteiger partial charge in [-0.2, -0.15) is 4.31 Å². The lowest BCUT2D eigenvalue weighted by Crippen LogP contribution is -2.51. The highest BCUT2D eigenvalue weighted by molar-refractivity contribution is 7.91. The first kappa shape index (κ1) is 16.1. The van der Waals surface area contributed by atoms with E-state index in [1.165, 1.54) is 16.9 Å². The fourth-order valence-electron chi connectivity index (χ4n) is 3.62. The van der Waals surface area contributed by atoms with Gasteiger partial charge in [0, 0.05) is 30.8 Å². The molecular formula is C18H21NO3S2. The Hall–Kier alpha value is -1.37. The third-order valence-corrected chi connectivity index (χ3v) is 8.46. The number of piperidine rings is 1. The van der Waals surface area contributed by atoms with Gasteiger partial charge in [0.15, 0.2) is 0 Å². The molecule has 0 amide bonds. The smallest absolute Gasteiger partial charge is 0.252 e. The van der Waals surface area contributed by atoms with Crippen LogP contribution < -0.4 is 4.74 Å². The van der Waals surface area contributed by atoms with Crippen LogP contribution in [0.4, 0.5) is 0 Å². The fraction of sp³-hybridized carbons (Fsp3) is 0.444. The van der Waals surface area contributed by atoms with Gasteiger partial charge in [0.25, 0.3) is 10.0 Å². The molecule has 1 saturated heterocycles. The van der Waals surface area contributed by atoms with Crippen LogP contribution in [0.2, 0.25) is 0 Å². The first-order valence-electron chi connectivity index (χ1n) is 8.32. The highest BCUT2D eigenvalue weighted by atomic mass is 32.2. The topological polar surface area (TPSA) is 46.6 Å². The minimum Gasteiger partial charge on any atom is -0.487 e. The normalized spacial score (nSPS) is 20.5. The number of rotatable bonds is 2. The predicted molar refractivity (Wildman–Crippen MR) is 95.2 cm³/mol. The number of fused-ring (bicyclic) bond motifs is 1. The zero-order valence-corrected chi connectivity index (χ0v) is 15.3. The molecule has 1 fully saturated rings. The van der Waals surface area contributed by atoms with Gasteiger partial charge in [0.2, 0.25) is 0 Å². The average Bonchev–Trinajstić information content (AvgIpc) is 3.02. The Balaban J connectivity index is 1.50. The minimum absolute atomic E-state index is 0.203. The van der Waals surface area contributed by atoms with E-state index in [1.807, 2.05) is 31.2 Å². The van der Waals surface area contributed by atoms with Crippen LogP contribution in [0, 0.1) is 6.92 Å². The van der Waals surface area contributed by atoms with Gasteiger partial charge in [0.1, 0.15) is 15.6 Å².